The fourth-order valence-corrected chi connectivity index (χ4v) is 4.95. The van der Waals surface area contributed by atoms with Gasteiger partial charge in [-0.3, -0.25) is 9.69 Å². The Balaban J connectivity index is 1.54. The first-order valence-corrected chi connectivity index (χ1v) is 11.6. The molecule has 0 saturated carbocycles. The van der Waals surface area contributed by atoms with Crippen molar-refractivity contribution < 1.29 is 4.79 Å². The Morgan fingerprint density at radius 1 is 1.16 bits per heavy atom. The van der Waals surface area contributed by atoms with Gasteiger partial charge in [-0.2, -0.15) is 4.68 Å². The minimum absolute atomic E-state index is 0.0713. The normalized spacial score (nSPS) is 11.0. The summed E-state index contributed by atoms with van der Waals surface area (Å²) in [5, 5.41) is 15.5. The van der Waals surface area contributed by atoms with Crippen LogP contribution in [0.15, 0.2) is 53.0 Å². The summed E-state index contributed by atoms with van der Waals surface area (Å²) < 4.78 is 1.76. The number of hydrogen-bond acceptors (Lipinski definition) is 7. The molecule has 0 radical (unpaired) electrons. The summed E-state index contributed by atoms with van der Waals surface area (Å²) in [4.78, 5) is 18.7. The van der Waals surface area contributed by atoms with Gasteiger partial charge in [0.1, 0.15) is 0 Å². The third-order valence-electron chi connectivity index (χ3n) is 4.90. The van der Waals surface area contributed by atoms with E-state index in [0.29, 0.717) is 16.0 Å². The largest absolute Gasteiger partial charge is 0.274 e. The van der Waals surface area contributed by atoms with Crippen LogP contribution in [-0.2, 0) is 10.5 Å². The van der Waals surface area contributed by atoms with E-state index in [9.17, 15) is 4.79 Å². The smallest absolute Gasteiger partial charge is 0.230 e. The number of nitrogens with zero attached hydrogens (tertiary/aromatic N) is 6. The van der Waals surface area contributed by atoms with Gasteiger partial charge in [0.15, 0.2) is 5.13 Å². The highest BCUT2D eigenvalue weighted by Crippen LogP contribution is 2.31. The van der Waals surface area contributed by atoms with E-state index in [1.165, 1.54) is 28.7 Å². The molecule has 0 N–H and O–H groups in total. The van der Waals surface area contributed by atoms with Gasteiger partial charge in [0, 0.05) is 18.1 Å². The summed E-state index contributed by atoms with van der Waals surface area (Å²) >= 11 is 2.97. The molecule has 31 heavy (non-hydrogen) atoms. The van der Waals surface area contributed by atoms with Crippen LogP contribution in [0.3, 0.4) is 0 Å². The van der Waals surface area contributed by atoms with E-state index in [-0.39, 0.29) is 5.91 Å². The highest BCUT2D eigenvalue weighted by molar-refractivity contribution is 7.98. The maximum absolute atomic E-state index is 12.3. The van der Waals surface area contributed by atoms with Crippen LogP contribution in [0.4, 0.5) is 10.8 Å². The van der Waals surface area contributed by atoms with Crippen LogP contribution >= 0.6 is 23.1 Å². The molecule has 0 aliphatic heterocycles. The molecule has 7 nitrogen and oxygen atoms in total. The van der Waals surface area contributed by atoms with E-state index in [1.54, 1.807) is 16.5 Å². The highest BCUT2D eigenvalue weighted by atomic mass is 32.2. The van der Waals surface area contributed by atoms with Crippen molar-refractivity contribution in [2.24, 2.45) is 0 Å². The number of aromatic nitrogens is 5. The molecule has 2 aromatic carbocycles. The molecule has 0 saturated heterocycles. The van der Waals surface area contributed by atoms with Gasteiger partial charge in [0.05, 0.1) is 17.1 Å². The van der Waals surface area contributed by atoms with Gasteiger partial charge in [0.2, 0.25) is 11.1 Å². The lowest BCUT2D eigenvalue weighted by Crippen LogP contribution is -2.22. The second kappa shape index (κ2) is 8.99. The predicted molar refractivity (Wildman–Crippen MR) is 124 cm³/mol. The fraction of sp³-hybridized carbons (Fsp3) is 0.227. The van der Waals surface area contributed by atoms with E-state index in [2.05, 4.69) is 35.4 Å². The van der Waals surface area contributed by atoms with Crippen molar-refractivity contribution >= 4 is 39.8 Å². The van der Waals surface area contributed by atoms with E-state index in [0.717, 1.165) is 28.2 Å². The molecule has 0 aliphatic carbocycles. The lowest BCUT2D eigenvalue weighted by Gasteiger charge is -2.18. The Morgan fingerprint density at radius 3 is 2.74 bits per heavy atom. The Kier molecular flexibility index (Phi) is 6.15. The number of thiazole rings is 1. The molecule has 4 aromatic rings. The van der Waals surface area contributed by atoms with Crippen LogP contribution in [0.5, 0.6) is 0 Å². The average Bonchev–Trinajstić information content (AvgIpc) is 3.38. The number of amides is 1. The number of carbonyl (C=O) groups is 1. The molecule has 0 atom stereocenters. The van der Waals surface area contributed by atoms with Crippen molar-refractivity contribution in [2.75, 3.05) is 4.90 Å². The molecular formula is C22H22N6OS2. The summed E-state index contributed by atoms with van der Waals surface area (Å²) in [6, 6.07) is 13.9. The van der Waals surface area contributed by atoms with Crippen LogP contribution in [0.1, 0.15) is 29.3 Å². The second-order valence-corrected chi connectivity index (χ2v) is 8.97. The number of aryl methyl sites for hydroxylation is 2. The summed E-state index contributed by atoms with van der Waals surface area (Å²) in [7, 11) is 0. The molecule has 0 spiro atoms. The summed E-state index contributed by atoms with van der Waals surface area (Å²) in [5.41, 5.74) is 6.08. The number of carbonyl (C=O) groups excluding carboxylic acids is 1. The average molecular weight is 451 g/mol. The van der Waals surface area contributed by atoms with Gasteiger partial charge in [-0.25, -0.2) is 4.98 Å². The van der Waals surface area contributed by atoms with Crippen molar-refractivity contribution in [3.8, 4) is 5.69 Å². The van der Waals surface area contributed by atoms with Crippen LogP contribution in [0.25, 0.3) is 5.69 Å². The molecule has 2 aromatic heterocycles. The number of thioether (sulfide) groups is 1. The molecule has 0 unspecified atom stereocenters. The molecule has 2 heterocycles. The molecule has 0 fully saturated rings. The van der Waals surface area contributed by atoms with E-state index in [1.807, 2.05) is 48.7 Å². The lowest BCUT2D eigenvalue weighted by atomic mass is 10.1. The summed E-state index contributed by atoms with van der Waals surface area (Å²) in [6.07, 6.45) is 0. The van der Waals surface area contributed by atoms with Gasteiger partial charge in [-0.05, 0) is 66.1 Å². The third kappa shape index (κ3) is 4.52. The van der Waals surface area contributed by atoms with Crippen molar-refractivity contribution in [3.63, 3.8) is 0 Å². The molecule has 9 heteroatoms. The number of tetrazole rings is 1. The zero-order chi connectivity index (χ0) is 22.0. The Bertz CT molecular complexity index is 1230. The first kappa shape index (κ1) is 21.2. The van der Waals surface area contributed by atoms with Crippen LogP contribution in [0.2, 0.25) is 0 Å². The Hall–Kier alpha value is -3.04. The van der Waals surface area contributed by atoms with Gasteiger partial charge in [-0.15, -0.1) is 16.4 Å². The van der Waals surface area contributed by atoms with Crippen LogP contribution < -0.4 is 4.90 Å². The van der Waals surface area contributed by atoms with Crippen LogP contribution in [-0.4, -0.2) is 31.1 Å². The third-order valence-corrected chi connectivity index (χ3v) is 6.73. The lowest BCUT2D eigenvalue weighted by molar-refractivity contribution is -0.115. The zero-order valence-electron chi connectivity index (χ0n) is 17.7. The standard InChI is InChI=1S/C22H22N6OS2/c1-14-7-5-9-19(11-14)27(17(4)29)21-23-18(12-30-21)13-31-22-24-25-26-28(22)20-10-6-8-15(2)16(20)3/h5-12H,13H2,1-4H3. The molecule has 4 rings (SSSR count). The van der Waals surface area contributed by atoms with E-state index >= 15 is 0 Å². The second-order valence-electron chi connectivity index (χ2n) is 7.20. The molecule has 0 aliphatic rings. The van der Waals surface area contributed by atoms with Gasteiger partial charge in [0.25, 0.3) is 0 Å². The highest BCUT2D eigenvalue weighted by Gasteiger charge is 2.19. The number of benzene rings is 2. The predicted octanol–water partition coefficient (Wildman–Crippen LogP) is 5.02. The maximum Gasteiger partial charge on any atom is 0.230 e. The van der Waals surface area contributed by atoms with E-state index in [4.69, 9.17) is 4.98 Å². The maximum atomic E-state index is 12.3. The topological polar surface area (TPSA) is 76.8 Å². The van der Waals surface area contributed by atoms with Gasteiger partial charge in [-0.1, -0.05) is 36.0 Å². The Morgan fingerprint density at radius 2 is 1.97 bits per heavy atom. The van der Waals surface area contributed by atoms with Gasteiger partial charge >= 0.3 is 0 Å². The van der Waals surface area contributed by atoms with E-state index < -0.39 is 0 Å². The first-order chi connectivity index (χ1) is 14.9. The fourth-order valence-electron chi connectivity index (χ4n) is 3.18. The minimum Gasteiger partial charge on any atom is -0.274 e. The monoisotopic (exact) mass is 450 g/mol. The van der Waals surface area contributed by atoms with Crippen molar-refractivity contribution in [2.45, 2.75) is 38.6 Å². The first-order valence-electron chi connectivity index (χ1n) is 9.73. The van der Waals surface area contributed by atoms with Crippen molar-refractivity contribution in [1.82, 2.24) is 25.2 Å². The Labute approximate surface area is 189 Å². The molecule has 0 bridgehead atoms. The summed E-state index contributed by atoms with van der Waals surface area (Å²) in [6.45, 7) is 7.69. The minimum atomic E-state index is -0.0713. The summed E-state index contributed by atoms with van der Waals surface area (Å²) in [5.74, 6) is 0.527. The number of rotatable bonds is 6. The zero-order valence-corrected chi connectivity index (χ0v) is 19.4. The SMILES string of the molecule is CC(=O)N(c1cccc(C)c1)c1nc(CSc2nnnn2-c2cccc(C)c2C)cs1. The number of anilines is 2. The molecule has 1 amide bonds. The van der Waals surface area contributed by atoms with Crippen molar-refractivity contribution in [1.29, 1.82) is 0 Å². The quantitative estimate of drug-likeness (QED) is 0.384. The number of hydrogen-bond donors (Lipinski definition) is 0. The molecular weight excluding hydrogens is 428 g/mol. The molecule has 158 valence electrons. The van der Waals surface area contributed by atoms with Crippen molar-refractivity contribution in [3.05, 3.63) is 70.2 Å². The van der Waals surface area contributed by atoms with Crippen LogP contribution in [0, 0.1) is 20.8 Å². The van der Waals surface area contributed by atoms with Gasteiger partial charge < -0.3 is 0 Å².